The summed E-state index contributed by atoms with van der Waals surface area (Å²) in [6.45, 7) is 11.9. The molecule has 0 spiro atoms. The van der Waals surface area contributed by atoms with Crippen molar-refractivity contribution in [1.29, 1.82) is 0 Å². The maximum atomic E-state index is 10.1. The molecule has 3 rings (SSSR count). The Morgan fingerprint density at radius 1 is 1.10 bits per heavy atom. The Labute approximate surface area is 175 Å². The van der Waals surface area contributed by atoms with E-state index in [1.165, 1.54) is 0 Å². The number of nitrogens with zero attached hydrogens (tertiary/aromatic N) is 2. The van der Waals surface area contributed by atoms with Crippen LogP contribution in [-0.2, 0) is 18.1 Å². The molecule has 29 heavy (non-hydrogen) atoms. The van der Waals surface area contributed by atoms with Gasteiger partial charge in [-0.1, -0.05) is 31.8 Å². The van der Waals surface area contributed by atoms with Gasteiger partial charge in [0.05, 0.1) is 18.9 Å². The van der Waals surface area contributed by atoms with E-state index >= 15 is 0 Å². The molecule has 1 saturated heterocycles. The summed E-state index contributed by atoms with van der Waals surface area (Å²) < 4.78 is 19.2. The Morgan fingerprint density at radius 2 is 1.79 bits per heavy atom. The number of aliphatic hydroxyl groups is 1. The second-order valence-corrected chi connectivity index (χ2v) is 15.0. The molecule has 7 heteroatoms. The van der Waals surface area contributed by atoms with E-state index in [1.807, 2.05) is 43.5 Å². The summed E-state index contributed by atoms with van der Waals surface area (Å²) in [5.74, 6) is 2.66. The zero-order valence-electron chi connectivity index (χ0n) is 18.3. The van der Waals surface area contributed by atoms with Gasteiger partial charge in [-0.15, -0.1) is 0 Å². The monoisotopic (exact) mass is 418 g/mol. The quantitative estimate of drug-likeness (QED) is 0.468. The smallest absolute Gasteiger partial charge is 0.139 e. The second-order valence-electron chi connectivity index (χ2n) is 9.34. The largest absolute Gasteiger partial charge is 0.497 e. The van der Waals surface area contributed by atoms with Crippen LogP contribution in [0.25, 0.3) is 0 Å². The van der Waals surface area contributed by atoms with Gasteiger partial charge >= 0.3 is 0 Å². The highest BCUT2D eigenvalue weighted by atomic mass is 28.3. The molecular formula is C22H34N2O4Si. The molecule has 160 valence electrons. The summed E-state index contributed by atoms with van der Waals surface area (Å²) in [5.41, 5.74) is 0.455. The van der Waals surface area contributed by atoms with Crippen LogP contribution in [-0.4, -0.2) is 50.2 Å². The maximum absolute atomic E-state index is 10.1. The van der Waals surface area contributed by atoms with Gasteiger partial charge in [0.25, 0.3) is 0 Å². The fourth-order valence-electron chi connectivity index (χ4n) is 3.29. The summed E-state index contributed by atoms with van der Waals surface area (Å²) in [6.07, 6.45) is 1.99. The topological polar surface area (TPSA) is 56.1 Å². The van der Waals surface area contributed by atoms with E-state index in [9.17, 15) is 5.11 Å². The standard InChI is InChI=1S/C22H34N2O4Si/c1-22(25)15-24(16-22)21-12-20(13-23(21)17-27-10-11-29(3,4)5)28-14-18-6-8-19(26-2)9-7-18/h6-9,12-13,25H,10-11,14-17H2,1-5H3. The number of ether oxygens (including phenoxy) is 3. The number of hydrogen-bond acceptors (Lipinski definition) is 5. The fourth-order valence-corrected chi connectivity index (χ4v) is 4.05. The molecule has 2 aromatic rings. The predicted octanol–water partition coefficient (Wildman–Crippen LogP) is 3.96. The van der Waals surface area contributed by atoms with E-state index in [-0.39, 0.29) is 0 Å². The van der Waals surface area contributed by atoms with E-state index < -0.39 is 13.7 Å². The Morgan fingerprint density at radius 3 is 2.38 bits per heavy atom. The minimum atomic E-state index is -1.11. The number of anilines is 1. The molecule has 1 fully saturated rings. The van der Waals surface area contributed by atoms with Crippen LogP contribution in [0.4, 0.5) is 5.82 Å². The number of hydrogen-bond donors (Lipinski definition) is 1. The average Bonchev–Trinajstić information content (AvgIpc) is 3.04. The molecule has 0 radical (unpaired) electrons. The Hall–Kier alpha value is -1.96. The predicted molar refractivity (Wildman–Crippen MR) is 119 cm³/mol. The lowest BCUT2D eigenvalue weighted by Crippen LogP contribution is -2.60. The molecule has 1 aromatic heterocycles. The van der Waals surface area contributed by atoms with Crippen molar-refractivity contribution in [2.24, 2.45) is 0 Å². The Kier molecular flexibility index (Phi) is 6.61. The van der Waals surface area contributed by atoms with Crippen molar-refractivity contribution in [1.82, 2.24) is 4.57 Å². The Balaban J connectivity index is 1.63. The summed E-state index contributed by atoms with van der Waals surface area (Å²) in [4.78, 5) is 2.15. The highest BCUT2D eigenvalue weighted by Crippen LogP contribution is 2.32. The molecular weight excluding hydrogens is 384 g/mol. The molecule has 0 aliphatic carbocycles. The molecule has 1 aliphatic heterocycles. The van der Waals surface area contributed by atoms with Crippen LogP contribution in [0.5, 0.6) is 11.5 Å². The highest BCUT2D eigenvalue weighted by molar-refractivity contribution is 6.76. The van der Waals surface area contributed by atoms with Crippen LogP contribution >= 0.6 is 0 Å². The van der Waals surface area contributed by atoms with Crippen molar-refractivity contribution >= 4 is 13.9 Å². The molecule has 0 saturated carbocycles. The molecule has 1 aromatic carbocycles. The zero-order valence-corrected chi connectivity index (χ0v) is 19.3. The lowest BCUT2D eigenvalue weighted by Gasteiger charge is -2.45. The lowest BCUT2D eigenvalue weighted by atomic mass is 9.97. The normalized spacial score (nSPS) is 15.9. The maximum Gasteiger partial charge on any atom is 0.139 e. The van der Waals surface area contributed by atoms with E-state index in [1.54, 1.807) is 7.11 Å². The van der Waals surface area contributed by atoms with Crippen molar-refractivity contribution in [2.75, 3.05) is 31.7 Å². The summed E-state index contributed by atoms with van der Waals surface area (Å²) >= 11 is 0. The van der Waals surface area contributed by atoms with E-state index in [0.29, 0.717) is 26.4 Å². The molecule has 0 unspecified atom stereocenters. The van der Waals surface area contributed by atoms with Gasteiger partial charge in [-0.05, 0) is 30.7 Å². The third kappa shape index (κ3) is 6.26. The lowest BCUT2D eigenvalue weighted by molar-refractivity contribution is 0.0282. The second kappa shape index (κ2) is 8.81. The zero-order chi connectivity index (χ0) is 21.1. The number of benzene rings is 1. The fraction of sp³-hybridized carbons (Fsp3) is 0.545. The van der Waals surface area contributed by atoms with Crippen molar-refractivity contribution in [3.05, 3.63) is 42.1 Å². The number of methoxy groups -OCH3 is 1. The molecule has 1 N–H and O–H groups in total. The highest BCUT2D eigenvalue weighted by Gasteiger charge is 2.38. The van der Waals surface area contributed by atoms with Gasteiger partial charge in [0.2, 0.25) is 0 Å². The third-order valence-electron chi connectivity index (χ3n) is 5.03. The van der Waals surface area contributed by atoms with Gasteiger partial charge < -0.3 is 28.8 Å². The van der Waals surface area contributed by atoms with Crippen molar-refractivity contribution in [2.45, 2.75) is 51.5 Å². The van der Waals surface area contributed by atoms with Crippen molar-refractivity contribution < 1.29 is 19.3 Å². The Bertz CT molecular complexity index is 788. The first-order valence-corrected chi connectivity index (χ1v) is 13.9. The van der Waals surface area contributed by atoms with Crippen LogP contribution < -0.4 is 14.4 Å². The molecule has 1 aliphatic rings. The first-order valence-electron chi connectivity index (χ1n) is 10.2. The molecule has 0 bridgehead atoms. The van der Waals surface area contributed by atoms with Gasteiger partial charge in [-0.2, -0.15) is 0 Å². The van der Waals surface area contributed by atoms with Crippen LogP contribution in [0.2, 0.25) is 25.7 Å². The number of aromatic nitrogens is 1. The first-order chi connectivity index (χ1) is 13.6. The van der Waals surface area contributed by atoms with Gasteiger partial charge in [-0.25, -0.2) is 0 Å². The van der Waals surface area contributed by atoms with E-state index in [2.05, 4.69) is 29.1 Å². The van der Waals surface area contributed by atoms with Crippen molar-refractivity contribution in [3.63, 3.8) is 0 Å². The van der Waals surface area contributed by atoms with Gasteiger partial charge in [0, 0.05) is 33.8 Å². The van der Waals surface area contributed by atoms with Gasteiger partial charge in [0.15, 0.2) is 0 Å². The van der Waals surface area contributed by atoms with Gasteiger partial charge in [0.1, 0.15) is 30.7 Å². The first kappa shape index (κ1) is 21.7. The average molecular weight is 419 g/mol. The van der Waals surface area contributed by atoms with Crippen molar-refractivity contribution in [3.8, 4) is 11.5 Å². The summed E-state index contributed by atoms with van der Waals surface area (Å²) in [7, 11) is 0.553. The number of β-amino-alcohol motifs (C(OH)–C–C–N with tert-alkyl or cyclic N) is 1. The number of rotatable bonds is 10. The molecule has 0 amide bonds. The van der Waals surface area contributed by atoms with E-state index in [0.717, 1.165) is 35.5 Å². The van der Waals surface area contributed by atoms with Gasteiger partial charge in [-0.3, -0.25) is 0 Å². The van der Waals surface area contributed by atoms with Crippen LogP contribution in [0, 0.1) is 0 Å². The third-order valence-corrected chi connectivity index (χ3v) is 6.73. The molecule has 6 nitrogen and oxygen atoms in total. The summed E-state index contributed by atoms with van der Waals surface area (Å²) in [6, 6.07) is 11.0. The van der Waals surface area contributed by atoms with Crippen LogP contribution in [0.3, 0.4) is 0 Å². The minimum absolute atomic E-state index is 0.488. The summed E-state index contributed by atoms with van der Waals surface area (Å²) in [5, 5.41) is 10.1. The molecule has 2 heterocycles. The van der Waals surface area contributed by atoms with Crippen LogP contribution in [0.1, 0.15) is 12.5 Å². The van der Waals surface area contributed by atoms with E-state index in [4.69, 9.17) is 14.2 Å². The van der Waals surface area contributed by atoms with Crippen LogP contribution in [0.15, 0.2) is 36.5 Å². The molecule has 0 atom stereocenters. The SMILES string of the molecule is COc1ccc(COc2cc(N3CC(C)(O)C3)n(COCC[Si](C)(C)C)c2)cc1. The minimum Gasteiger partial charge on any atom is -0.497 e.